The summed E-state index contributed by atoms with van der Waals surface area (Å²) in [6.07, 6.45) is 0. The fraction of sp³-hybridized carbons (Fsp3) is 0.467. The van der Waals surface area contributed by atoms with E-state index in [1.165, 1.54) is 30.3 Å². The fourth-order valence-electron chi connectivity index (χ4n) is 2.47. The molecule has 0 atom stereocenters. The van der Waals surface area contributed by atoms with Gasteiger partial charge in [0, 0.05) is 31.7 Å². The summed E-state index contributed by atoms with van der Waals surface area (Å²) < 4.78 is 26.6. The van der Waals surface area contributed by atoms with Crippen LogP contribution in [0.1, 0.15) is 24.2 Å². The van der Waals surface area contributed by atoms with Gasteiger partial charge in [-0.05, 0) is 26.0 Å². The summed E-state index contributed by atoms with van der Waals surface area (Å²) in [4.78, 5) is 24.6. The first-order valence-corrected chi connectivity index (χ1v) is 8.57. The van der Waals surface area contributed by atoms with E-state index in [9.17, 15) is 18.0 Å². The molecule has 22 heavy (non-hydrogen) atoms. The molecule has 0 radical (unpaired) electrons. The molecule has 1 aromatic carbocycles. The average Bonchev–Trinajstić information content (AvgIpc) is 2.47. The Bertz CT molecular complexity index is 677. The van der Waals surface area contributed by atoms with Crippen LogP contribution in [0, 0.1) is 0 Å². The minimum absolute atomic E-state index is 0.0745. The third kappa shape index (κ3) is 3.79. The number of ketones is 2. The van der Waals surface area contributed by atoms with Crippen LogP contribution < -0.4 is 0 Å². The van der Waals surface area contributed by atoms with E-state index in [1.54, 1.807) is 12.1 Å². The quantitative estimate of drug-likeness (QED) is 0.749. The standard InChI is InChI=1S/C15H20N2O4S/c1-12(18)11-16-6-8-17(9-7-16)22(20,21)15-5-3-4-14(10-15)13(2)19/h3-5,10H,6-9,11H2,1-2H3. The van der Waals surface area contributed by atoms with Gasteiger partial charge in [-0.25, -0.2) is 8.42 Å². The van der Waals surface area contributed by atoms with Crippen LogP contribution in [0.25, 0.3) is 0 Å². The third-order valence-corrected chi connectivity index (χ3v) is 5.55. The number of piperazine rings is 1. The average molecular weight is 324 g/mol. The molecule has 0 aromatic heterocycles. The summed E-state index contributed by atoms with van der Waals surface area (Å²) in [5.74, 6) is -0.0891. The van der Waals surface area contributed by atoms with Crippen LogP contribution in [0.4, 0.5) is 0 Å². The van der Waals surface area contributed by atoms with Crippen molar-refractivity contribution in [1.82, 2.24) is 9.21 Å². The highest BCUT2D eigenvalue weighted by Gasteiger charge is 2.28. The summed E-state index contributed by atoms with van der Waals surface area (Å²) >= 11 is 0. The molecule has 0 unspecified atom stereocenters. The molecule has 1 fully saturated rings. The van der Waals surface area contributed by atoms with Gasteiger partial charge in [-0.15, -0.1) is 0 Å². The van der Waals surface area contributed by atoms with E-state index in [0.29, 0.717) is 38.3 Å². The predicted molar refractivity (Wildman–Crippen MR) is 82.3 cm³/mol. The number of carbonyl (C=O) groups excluding carboxylic acids is 2. The van der Waals surface area contributed by atoms with Crippen molar-refractivity contribution in [2.24, 2.45) is 0 Å². The van der Waals surface area contributed by atoms with E-state index >= 15 is 0 Å². The Balaban J connectivity index is 2.13. The van der Waals surface area contributed by atoms with Gasteiger partial charge in [-0.3, -0.25) is 14.5 Å². The molecule has 0 amide bonds. The van der Waals surface area contributed by atoms with Crippen molar-refractivity contribution in [1.29, 1.82) is 0 Å². The molecule has 0 bridgehead atoms. The van der Waals surface area contributed by atoms with E-state index < -0.39 is 10.0 Å². The number of benzene rings is 1. The zero-order chi connectivity index (χ0) is 16.3. The number of Topliss-reactive ketones (excluding diaryl/α,β-unsaturated/α-hetero) is 2. The second-order valence-electron chi connectivity index (χ2n) is 5.47. The lowest BCUT2D eigenvalue weighted by molar-refractivity contribution is -0.118. The summed E-state index contributed by atoms with van der Waals surface area (Å²) in [5.41, 5.74) is 0.385. The molecule has 0 N–H and O–H groups in total. The van der Waals surface area contributed by atoms with Crippen molar-refractivity contribution in [3.63, 3.8) is 0 Å². The number of carbonyl (C=O) groups is 2. The van der Waals surface area contributed by atoms with Gasteiger partial charge in [-0.1, -0.05) is 12.1 Å². The van der Waals surface area contributed by atoms with Crippen LogP contribution in [0.3, 0.4) is 0 Å². The Morgan fingerprint density at radius 2 is 1.73 bits per heavy atom. The summed E-state index contributed by atoms with van der Waals surface area (Å²) in [6.45, 7) is 5.05. The number of sulfonamides is 1. The van der Waals surface area contributed by atoms with Gasteiger partial charge < -0.3 is 0 Å². The minimum atomic E-state index is -3.60. The molecule has 120 valence electrons. The van der Waals surface area contributed by atoms with Gasteiger partial charge in [0.25, 0.3) is 0 Å². The molecule has 7 heteroatoms. The van der Waals surface area contributed by atoms with Crippen molar-refractivity contribution < 1.29 is 18.0 Å². The molecular weight excluding hydrogens is 304 g/mol. The van der Waals surface area contributed by atoms with Crippen LogP contribution in [0.15, 0.2) is 29.2 Å². The Kier molecular flexibility index (Phi) is 5.10. The molecule has 6 nitrogen and oxygen atoms in total. The number of hydrogen-bond acceptors (Lipinski definition) is 5. The van der Waals surface area contributed by atoms with Crippen LogP contribution in [-0.2, 0) is 14.8 Å². The van der Waals surface area contributed by atoms with Crippen LogP contribution >= 0.6 is 0 Å². The monoisotopic (exact) mass is 324 g/mol. The van der Waals surface area contributed by atoms with Crippen molar-refractivity contribution in [2.75, 3.05) is 32.7 Å². The molecule has 0 saturated carbocycles. The smallest absolute Gasteiger partial charge is 0.243 e. The van der Waals surface area contributed by atoms with Gasteiger partial charge in [-0.2, -0.15) is 4.31 Å². The molecule has 0 spiro atoms. The van der Waals surface area contributed by atoms with E-state index in [4.69, 9.17) is 0 Å². The largest absolute Gasteiger partial charge is 0.299 e. The number of hydrogen-bond donors (Lipinski definition) is 0. The van der Waals surface area contributed by atoms with E-state index in [1.807, 2.05) is 4.90 Å². The highest BCUT2D eigenvalue weighted by molar-refractivity contribution is 7.89. The predicted octanol–water partition coefficient (Wildman–Crippen LogP) is 0.784. The van der Waals surface area contributed by atoms with Gasteiger partial charge in [0.1, 0.15) is 5.78 Å². The topological polar surface area (TPSA) is 74.8 Å². The number of nitrogens with zero attached hydrogens (tertiary/aromatic N) is 2. The fourth-order valence-corrected chi connectivity index (χ4v) is 3.94. The number of rotatable bonds is 5. The molecule has 1 heterocycles. The minimum Gasteiger partial charge on any atom is -0.299 e. The maximum Gasteiger partial charge on any atom is 0.243 e. The lowest BCUT2D eigenvalue weighted by Gasteiger charge is -2.33. The van der Waals surface area contributed by atoms with Crippen molar-refractivity contribution in [3.05, 3.63) is 29.8 Å². The molecule has 2 rings (SSSR count). The maximum absolute atomic E-state index is 12.6. The zero-order valence-corrected chi connectivity index (χ0v) is 13.6. The van der Waals surface area contributed by atoms with Gasteiger partial charge in [0.2, 0.25) is 10.0 Å². The van der Waals surface area contributed by atoms with Crippen LogP contribution in [-0.4, -0.2) is 61.9 Å². The van der Waals surface area contributed by atoms with Crippen LogP contribution in [0.2, 0.25) is 0 Å². The highest BCUT2D eigenvalue weighted by atomic mass is 32.2. The Labute approximate surface area is 130 Å². The van der Waals surface area contributed by atoms with E-state index in [2.05, 4.69) is 0 Å². The lowest BCUT2D eigenvalue weighted by atomic mass is 10.2. The SMILES string of the molecule is CC(=O)CN1CCN(S(=O)(=O)c2cccc(C(C)=O)c2)CC1. The van der Waals surface area contributed by atoms with E-state index in [0.717, 1.165) is 0 Å². The Morgan fingerprint density at radius 1 is 1.09 bits per heavy atom. The first kappa shape index (κ1) is 16.8. The summed E-state index contributed by atoms with van der Waals surface area (Å²) in [6, 6.07) is 6.10. The van der Waals surface area contributed by atoms with Crippen molar-refractivity contribution in [3.8, 4) is 0 Å². The first-order valence-electron chi connectivity index (χ1n) is 7.13. The van der Waals surface area contributed by atoms with Crippen molar-refractivity contribution >= 4 is 21.6 Å². The summed E-state index contributed by atoms with van der Waals surface area (Å²) in [7, 11) is -3.60. The molecule has 1 aliphatic heterocycles. The van der Waals surface area contributed by atoms with Crippen LogP contribution in [0.5, 0.6) is 0 Å². The normalized spacial score (nSPS) is 17.4. The summed E-state index contributed by atoms with van der Waals surface area (Å²) in [5, 5.41) is 0. The molecule has 1 aliphatic rings. The Hall–Kier alpha value is -1.57. The van der Waals surface area contributed by atoms with Crippen molar-refractivity contribution in [2.45, 2.75) is 18.7 Å². The van der Waals surface area contributed by atoms with Gasteiger partial charge in [0.15, 0.2) is 5.78 Å². The zero-order valence-electron chi connectivity index (χ0n) is 12.8. The lowest BCUT2D eigenvalue weighted by Crippen LogP contribution is -2.49. The third-order valence-electron chi connectivity index (χ3n) is 3.66. The second kappa shape index (κ2) is 6.68. The first-order chi connectivity index (χ1) is 10.3. The maximum atomic E-state index is 12.6. The van der Waals surface area contributed by atoms with Gasteiger partial charge in [0.05, 0.1) is 11.4 Å². The molecule has 0 aliphatic carbocycles. The van der Waals surface area contributed by atoms with Gasteiger partial charge >= 0.3 is 0 Å². The van der Waals surface area contributed by atoms with E-state index in [-0.39, 0.29) is 16.5 Å². The Morgan fingerprint density at radius 3 is 2.27 bits per heavy atom. The second-order valence-corrected chi connectivity index (χ2v) is 7.40. The highest BCUT2D eigenvalue weighted by Crippen LogP contribution is 2.19. The molecular formula is C15H20N2O4S. The molecule has 1 saturated heterocycles. The molecule has 1 aromatic rings.